The predicted molar refractivity (Wildman–Crippen MR) is 83.6 cm³/mol. The van der Waals surface area contributed by atoms with Crippen LogP contribution in [0.3, 0.4) is 0 Å². The third-order valence-corrected chi connectivity index (χ3v) is 3.20. The fraction of sp³-hybridized carbons (Fsp3) is 0. The molecule has 0 unspecified atom stereocenters. The van der Waals surface area contributed by atoms with Crippen molar-refractivity contribution in [2.24, 2.45) is 0 Å². The first-order valence-electron chi connectivity index (χ1n) is 6.27. The number of aromatic amines is 2. The Labute approximate surface area is 128 Å². The smallest absolute Gasteiger partial charge is 0.279 e. The van der Waals surface area contributed by atoms with Gasteiger partial charge < -0.3 is 15.4 Å². The van der Waals surface area contributed by atoms with E-state index in [9.17, 15) is 14.7 Å². The first-order valence-corrected chi connectivity index (χ1v) is 6.68. The van der Waals surface area contributed by atoms with E-state index in [1.165, 1.54) is 6.07 Å². The first kappa shape index (κ1) is 14.0. The molecule has 110 valence electrons. The van der Waals surface area contributed by atoms with Crippen LogP contribution in [-0.4, -0.2) is 26.0 Å². The number of anilines is 1. The fourth-order valence-corrected chi connectivity index (χ4v) is 2.15. The van der Waals surface area contributed by atoms with Crippen LogP contribution in [0.5, 0.6) is 5.88 Å². The monoisotopic (exact) mass is 314 g/mol. The molecule has 0 aliphatic carbocycles. The molecule has 2 heterocycles. The molecule has 0 spiro atoms. The number of carbonyl (C=O) groups is 1. The van der Waals surface area contributed by atoms with Gasteiger partial charge in [0.1, 0.15) is 5.69 Å². The van der Waals surface area contributed by atoms with Crippen molar-refractivity contribution in [3.8, 4) is 5.88 Å². The maximum absolute atomic E-state index is 12.2. The number of aromatic hydroxyl groups is 1. The van der Waals surface area contributed by atoms with Gasteiger partial charge in [-0.3, -0.25) is 14.6 Å². The molecule has 0 aliphatic rings. The zero-order valence-electron chi connectivity index (χ0n) is 11.1. The Hall–Kier alpha value is -3.00. The number of aromatic nitrogens is 3. The summed E-state index contributed by atoms with van der Waals surface area (Å²) < 4.78 is -0.0377. The van der Waals surface area contributed by atoms with Crippen molar-refractivity contribution in [1.29, 1.82) is 0 Å². The maximum atomic E-state index is 12.2. The molecule has 3 rings (SSSR count). The van der Waals surface area contributed by atoms with E-state index in [0.717, 1.165) is 5.39 Å². The van der Waals surface area contributed by atoms with Crippen molar-refractivity contribution >= 4 is 34.7 Å². The molecule has 0 saturated carbocycles. The summed E-state index contributed by atoms with van der Waals surface area (Å²) in [5, 5.41) is 12.9. The number of fused-ring (bicyclic) bond motifs is 1. The van der Waals surface area contributed by atoms with Gasteiger partial charge in [0.05, 0.1) is 5.52 Å². The van der Waals surface area contributed by atoms with Gasteiger partial charge in [0.2, 0.25) is 5.88 Å². The summed E-state index contributed by atoms with van der Waals surface area (Å²) in [4.78, 5) is 32.7. The summed E-state index contributed by atoms with van der Waals surface area (Å²) in [6, 6.07) is 10.6. The molecular formula is C14H10N4O3S. The van der Waals surface area contributed by atoms with Crippen LogP contribution in [0.4, 0.5) is 5.69 Å². The second kappa shape index (κ2) is 5.41. The summed E-state index contributed by atoms with van der Waals surface area (Å²) in [6.07, 6.45) is 0. The van der Waals surface area contributed by atoms with Crippen molar-refractivity contribution in [2.75, 3.05) is 5.32 Å². The van der Waals surface area contributed by atoms with Crippen molar-refractivity contribution < 1.29 is 9.90 Å². The fourth-order valence-electron chi connectivity index (χ4n) is 1.96. The van der Waals surface area contributed by atoms with Crippen LogP contribution in [0.25, 0.3) is 10.9 Å². The van der Waals surface area contributed by atoms with Crippen LogP contribution in [0.2, 0.25) is 0 Å². The van der Waals surface area contributed by atoms with Crippen molar-refractivity contribution in [2.45, 2.75) is 0 Å². The van der Waals surface area contributed by atoms with E-state index in [4.69, 9.17) is 12.2 Å². The number of benzene rings is 1. The van der Waals surface area contributed by atoms with Crippen LogP contribution in [0.1, 0.15) is 10.5 Å². The van der Waals surface area contributed by atoms with Gasteiger partial charge >= 0.3 is 0 Å². The second-order valence-electron chi connectivity index (χ2n) is 4.48. The number of nitrogens with one attached hydrogen (secondary N) is 3. The van der Waals surface area contributed by atoms with Crippen LogP contribution in [-0.2, 0) is 0 Å². The lowest BCUT2D eigenvalue weighted by Gasteiger charge is -2.06. The molecule has 0 bridgehead atoms. The van der Waals surface area contributed by atoms with Gasteiger partial charge in [0, 0.05) is 5.39 Å². The van der Waals surface area contributed by atoms with Gasteiger partial charge in [-0.2, -0.15) is 0 Å². The molecule has 1 amide bonds. The van der Waals surface area contributed by atoms with Crippen LogP contribution < -0.4 is 10.9 Å². The first-order chi connectivity index (χ1) is 10.5. The van der Waals surface area contributed by atoms with Gasteiger partial charge in [-0.25, -0.2) is 4.98 Å². The Kier molecular flexibility index (Phi) is 3.43. The number of amides is 1. The van der Waals surface area contributed by atoms with E-state index in [1.54, 1.807) is 12.1 Å². The molecule has 2 aromatic heterocycles. The molecule has 0 fully saturated rings. The molecule has 3 aromatic rings. The number of para-hydroxylation sites is 1. The zero-order valence-corrected chi connectivity index (χ0v) is 11.9. The van der Waals surface area contributed by atoms with Gasteiger partial charge in [-0.15, -0.1) is 0 Å². The highest BCUT2D eigenvalue weighted by Crippen LogP contribution is 2.16. The normalized spacial score (nSPS) is 10.5. The molecule has 0 atom stereocenters. The average Bonchev–Trinajstić information content (AvgIpc) is 2.50. The van der Waals surface area contributed by atoms with Crippen LogP contribution in [0.15, 0.2) is 41.2 Å². The van der Waals surface area contributed by atoms with Crippen molar-refractivity contribution in [3.63, 3.8) is 0 Å². The molecule has 1 aromatic carbocycles. The van der Waals surface area contributed by atoms with Gasteiger partial charge in [-0.1, -0.05) is 24.3 Å². The van der Waals surface area contributed by atoms with Crippen LogP contribution in [0, 0.1) is 4.77 Å². The molecular weight excluding hydrogens is 304 g/mol. The summed E-state index contributed by atoms with van der Waals surface area (Å²) >= 11 is 4.71. The summed E-state index contributed by atoms with van der Waals surface area (Å²) in [5.41, 5.74) is -0.232. The van der Waals surface area contributed by atoms with E-state index in [-0.39, 0.29) is 16.2 Å². The number of hydrogen-bond acceptors (Lipinski definition) is 5. The molecule has 4 N–H and O–H groups in total. The Morgan fingerprint density at radius 3 is 2.73 bits per heavy atom. The number of nitrogens with zero attached hydrogens (tertiary/aromatic N) is 1. The summed E-state index contributed by atoms with van der Waals surface area (Å²) in [5.74, 6) is -1.13. The zero-order chi connectivity index (χ0) is 15.7. The topological polar surface area (TPSA) is 111 Å². The average molecular weight is 314 g/mol. The van der Waals surface area contributed by atoms with E-state index in [0.29, 0.717) is 5.52 Å². The predicted octanol–water partition coefficient (Wildman–Crippen LogP) is 1.94. The van der Waals surface area contributed by atoms with E-state index in [2.05, 4.69) is 20.3 Å². The van der Waals surface area contributed by atoms with Gasteiger partial charge in [-0.05, 0) is 24.4 Å². The quantitative estimate of drug-likeness (QED) is 0.540. The van der Waals surface area contributed by atoms with Crippen molar-refractivity contribution in [1.82, 2.24) is 15.0 Å². The molecule has 0 radical (unpaired) electrons. The Bertz CT molecular complexity index is 993. The minimum absolute atomic E-state index is 0.0377. The number of hydrogen-bond donors (Lipinski definition) is 4. The lowest BCUT2D eigenvalue weighted by Crippen LogP contribution is -2.21. The number of rotatable bonds is 2. The van der Waals surface area contributed by atoms with E-state index in [1.807, 2.05) is 18.2 Å². The highest BCUT2D eigenvalue weighted by atomic mass is 32.1. The largest absolute Gasteiger partial charge is 0.493 e. The number of carbonyl (C=O) groups excluding carboxylic acids is 1. The third-order valence-electron chi connectivity index (χ3n) is 2.99. The Morgan fingerprint density at radius 2 is 1.95 bits per heavy atom. The van der Waals surface area contributed by atoms with E-state index < -0.39 is 17.3 Å². The molecule has 0 aliphatic heterocycles. The summed E-state index contributed by atoms with van der Waals surface area (Å²) in [7, 11) is 0. The minimum atomic E-state index is -0.699. The second-order valence-corrected chi connectivity index (χ2v) is 4.88. The highest BCUT2D eigenvalue weighted by molar-refractivity contribution is 7.71. The molecule has 8 heteroatoms. The van der Waals surface area contributed by atoms with Crippen LogP contribution >= 0.6 is 12.2 Å². The minimum Gasteiger partial charge on any atom is -0.493 e. The Balaban J connectivity index is 1.97. The molecule has 7 nitrogen and oxygen atoms in total. The van der Waals surface area contributed by atoms with Crippen molar-refractivity contribution in [3.05, 3.63) is 57.2 Å². The van der Waals surface area contributed by atoms with Gasteiger partial charge in [0.15, 0.2) is 10.5 Å². The number of H-pyrrole nitrogens is 2. The Morgan fingerprint density at radius 1 is 1.18 bits per heavy atom. The standard InChI is InChI=1S/C14H10N4O3S/c19-11(16-10-12(20)17-14(22)18-13(10)21)9-6-5-7-3-1-2-4-8(7)15-9/h1-6H,(H,16,19)(H3,17,18,20,21,22). The maximum Gasteiger partial charge on any atom is 0.279 e. The molecule has 22 heavy (non-hydrogen) atoms. The summed E-state index contributed by atoms with van der Waals surface area (Å²) in [6.45, 7) is 0. The molecule has 0 saturated heterocycles. The third kappa shape index (κ3) is 2.59. The van der Waals surface area contributed by atoms with E-state index >= 15 is 0 Å². The lowest BCUT2D eigenvalue weighted by molar-refractivity contribution is 0.102. The number of pyridine rings is 1. The lowest BCUT2D eigenvalue weighted by atomic mass is 10.2. The highest BCUT2D eigenvalue weighted by Gasteiger charge is 2.14. The van der Waals surface area contributed by atoms with Gasteiger partial charge in [0.25, 0.3) is 11.5 Å². The SMILES string of the molecule is O=C(Nc1c(O)[nH]c(=S)[nH]c1=O)c1ccc2ccccc2n1.